The Morgan fingerprint density at radius 2 is 0.657 bits per heavy atom. The third-order valence-corrected chi connectivity index (χ3v) is 19.6. The fourth-order valence-electron chi connectivity index (χ4n) is 11.9. The summed E-state index contributed by atoms with van der Waals surface area (Å²) in [6, 6.07) is 101. The van der Waals surface area contributed by atoms with Gasteiger partial charge in [0.05, 0.1) is 44.5 Å². The third kappa shape index (κ3) is 5.87. The predicted molar refractivity (Wildman–Crippen MR) is 299 cm³/mol. The van der Waals surface area contributed by atoms with Crippen LogP contribution < -0.4 is 20.7 Å². The first-order valence-corrected chi connectivity index (χ1v) is 26.2. The van der Waals surface area contributed by atoms with E-state index in [0.29, 0.717) is 0 Å². The topological polar surface area (TPSA) is 14.8 Å². The van der Waals surface area contributed by atoms with Crippen LogP contribution in [-0.2, 0) is 0 Å². The molecule has 0 aliphatic carbocycles. The standard InChI is InChI=1S/C66H45N3Si/c1-5-22-46(23-6-1)47-42-44-48(45-43-47)67-60-38-21-39-61(68-57-35-16-13-30-52(57)53-31-14-17-36-58(53)68)64(60)56-34-19-40-62(65(56)67)69-59-37-18-15-32-54(59)55-33-20-41-63(66(55)69)70(49-24-7-2-8-25-49,50-26-9-3-10-27-50)51-28-11-4-12-29-51/h1-45H. The van der Waals surface area contributed by atoms with Crippen molar-refractivity contribution in [2.24, 2.45) is 0 Å². The molecule has 0 saturated heterocycles. The van der Waals surface area contributed by atoms with E-state index in [9.17, 15) is 0 Å². The third-order valence-electron chi connectivity index (χ3n) is 14.8. The molecule has 0 aliphatic heterocycles. The highest BCUT2D eigenvalue weighted by Gasteiger charge is 2.43. The summed E-state index contributed by atoms with van der Waals surface area (Å²) in [6.45, 7) is 0. The molecule has 0 spiro atoms. The molecule has 0 saturated carbocycles. The molecule has 0 N–H and O–H groups in total. The van der Waals surface area contributed by atoms with Gasteiger partial charge in [-0.05, 0) is 80.4 Å². The molecule has 11 aromatic carbocycles. The molecule has 14 rings (SSSR count). The number of hydrogen-bond donors (Lipinski definition) is 0. The molecule has 3 aromatic heterocycles. The Morgan fingerprint density at radius 3 is 1.24 bits per heavy atom. The van der Waals surface area contributed by atoms with Crippen molar-refractivity contribution < 1.29 is 0 Å². The van der Waals surface area contributed by atoms with Crippen LogP contribution in [0.25, 0.3) is 93.6 Å². The van der Waals surface area contributed by atoms with Gasteiger partial charge < -0.3 is 13.7 Å². The first-order valence-electron chi connectivity index (χ1n) is 24.2. The van der Waals surface area contributed by atoms with E-state index in [2.05, 4.69) is 287 Å². The summed E-state index contributed by atoms with van der Waals surface area (Å²) >= 11 is 0. The maximum absolute atomic E-state index is 3.04. The van der Waals surface area contributed by atoms with Crippen LogP contribution in [0.3, 0.4) is 0 Å². The van der Waals surface area contributed by atoms with E-state index >= 15 is 0 Å². The summed E-state index contributed by atoms with van der Waals surface area (Å²) in [6.07, 6.45) is 0. The van der Waals surface area contributed by atoms with E-state index < -0.39 is 8.07 Å². The highest BCUT2D eigenvalue weighted by atomic mass is 28.3. The second-order valence-corrected chi connectivity index (χ2v) is 22.1. The van der Waals surface area contributed by atoms with Gasteiger partial charge in [-0.2, -0.15) is 0 Å². The van der Waals surface area contributed by atoms with Gasteiger partial charge in [0.15, 0.2) is 8.07 Å². The average Bonchev–Trinajstić information content (AvgIpc) is 4.09. The van der Waals surface area contributed by atoms with Crippen LogP contribution in [0, 0.1) is 0 Å². The summed E-state index contributed by atoms with van der Waals surface area (Å²) < 4.78 is 7.64. The summed E-state index contributed by atoms with van der Waals surface area (Å²) in [5.74, 6) is 0. The maximum Gasteiger partial charge on any atom is 0.181 e. The largest absolute Gasteiger partial charge is 0.309 e. The number of nitrogens with zero attached hydrogens (tertiary/aromatic N) is 3. The molecule has 14 aromatic rings. The van der Waals surface area contributed by atoms with Gasteiger partial charge in [-0.15, -0.1) is 0 Å². The fraction of sp³-hybridized carbons (Fsp3) is 0. The zero-order valence-corrected chi connectivity index (χ0v) is 39.3. The molecule has 70 heavy (non-hydrogen) atoms. The van der Waals surface area contributed by atoms with Crippen LogP contribution in [0.2, 0.25) is 0 Å². The van der Waals surface area contributed by atoms with E-state index in [1.807, 2.05) is 0 Å². The lowest BCUT2D eigenvalue weighted by Gasteiger charge is -2.35. The molecule has 0 unspecified atom stereocenters. The van der Waals surface area contributed by atoms with Gasteiger partial charge in [-0.1, -0.05) is 224 Å². The lowest BCUT2D eigenvalue weighted by Crippen LogP contribution is -2.75. The van der Waals surface area contributed by atoms with Crippen molar-refractivity contribution in [1.82, 2.24) is 13.7 Å². The summed E-state index contributed by atoms with van der Waals surface area (Å²) in [5.41, 5.74) is 12.9. The number of aromatic nitrogens is 3. The Bertz CT molecular complexity index is 4110. The highest BCUT2D eigenvalue weighted by molar-refractivity contribution is 7.20. The number of benzene rings is 11. The van der Waals surface area contributed by atoms with Crippen molar-refractivity contribution in [3.8, 4) is 28.2 Å². The first-order chi connectivity index (χ1) is 34.8. The number of para-hydroxylation sites is 5. The Labute approximate surface area is 407 Å². The molecule has 3 heterocycles. The van der Waals surface area contributed by atoms with Crippen molar-refractivity contribution in [2.45, 2.75) is 0 Å². The van der Waals surface area contributed by atoms with Crippen molar-refractivity contribution in [3.05, 3.63) is 273 Å². The molecule has 0 fully saturated rings. The van der Waals surface area contributed by atoms with Crippen molar-refractivity contribution in [1.29, 1.82) is 0 Å². The minimum absolute atomic E-state index is 1.11. The smallest absolute Gasteiger partial charge is 0.181 e. The van der Waals surface area contributed by atoms with Crippen LogP contribution in [-0.4, -0.2) is 21.8 Å². The molecule has 328 valence electrons. The van der Waals surface area contributed by atoms with Gasteiger partial charge in [0.25, 0.3) is 0 Å². The van der Waals surface area contributed by atoms with Crippen molar-refractivity contribution in [3.63, 3.8) is 0 Å². The first kappa shape index (κ1) is 40.1. The van der Waals surface area contributed by atoms with E-state index in [1.54, 1.807) is 0 Å². The molecular formula is C66H45N3Si. The molecule has 0 bridgehead atoms. The van der Waals surface area contributed by atoms with E-state index in [-0.39, 0.29) is 0 Å². The van der Waals surface area contributed by atoms with Gasteiger partial charge in [-0.3, -0.25) is 0 Å². The molecule has 3 nitrogen and oxygen atoms in total. The molecule has 4 heteroatoms. The van der Waals surface area contributed by atoms with Gasteiger partial charge in [0.2, 0.25) is 0 Å². The minimum Gasteiger partial charge on any atom is -0.309 e. The monoisotopic (exact) mass is 907 g/mol. The SMILES string of the molecule is c1ccc(-c2ccc(-n3c4cccc(-n5c6ccccc6c6ccccc65)c4c4cccc(-n5c6ccccc6c6cccc([Si](c7ccccc7)(c7ccccc7)c7ccccc7)c65)c43)cc2)cc1. The quantitative estimate of drug-likeness (QED) is 0.107. The molecular weight excluding hydrogens is 863 g/mol. The molecule has 0 aliphatic rings. The summed E-state index contributed by atoms with van der Waals surface area (Å²) in [7, 11) is -3.04. The van der Waals surface area contributed by atoms with Gasteiger partial charge >= 0.3 is 0 Å². The maximum atomic E-state index is 2.62. The zero-order valence-electron chi connectivity index (χ0n) is 38.3. The Balaban J connectivity index is 1.16. The van der Waals surface area contributed by atoms with Crippen molar-refractivity contribution >= 4 is 94.2 Å². The van der Waals surface area contributed by atoms with Gasteiger partial charge in [0.1, 0.15) is 0 Å². The normalized spacial score (nSPS) is 12.0. The van der Waals surface area contributed by atoms with Crippen LogP contribution >= 0.6 is 0 Å². The highest BCUT2D eigenvalue weighted by Crippen LogP contribution is 2.43. The van der Waals surface area contributed by atoms with E-state index in [4.69, 9.17) is 0 Å². The summed E-state index contributed by atoms with van der Waals surface area (Å²) in [5, 5.41) is 12.8. The Morgan fingerprint density at radius 1 is 0.243 bits per heavy atom. The second-order valence-electron chi connectivity index (χ2n) is 18.4. The average molecular weight is 908 g/mol. The van der Waals surface area contributed by atoms with E-state index in [1.165, 1.54) is 86.3 Å². The number of fused-ring (bicyclic) bond motifs is 9. The lowest BCUT2D eigenvalue weighted by atomic mass is 10.1. The number of hydrogen-bond acceptors (Lipinski definition) is 0. The summed E-state index contributed by atoms with van der Waals surface area (Å²) in [4.78, 5) is 0. The lowest BCUT2D eigenvalue weighted by molar-refractivity contribution is 1.13. The molecule has 0 amide bonds. The minimum atomic E-state index is -3.04. The zero-order chi connectivity index (χ0) is 46.2. The predicted octanol–water partition coefficient (Wildman–Crippen LogP) is 14.0. The number of rotatable bonds is 8. The molecule has 0 radical (unpaired) electrons. The molecule has 0 atom stereocenters. The van der Waals surface area contributed by atoms with Gasteiger partial charge in [0, 0.05) is 38.0 Å². The Kier molecular flexibility index (Phi) is 9.23. The van der Waals surface area contributed by atoms with Crippen LogP contribution in [0.5, 0.6) is 0 Å². The van der Waals surface area contributed by atoms with Crippen LogP contribution in [0.15, 0.2) is 273 Å². The second kappa shape index (κ2) is 16.1. The Hall–Kier alpha value is -8.96. The van der Waals surface area contributed by atoms with Crippen LogP contribution in [0.1, 0.15) is 0 Å². The van der Waals surface area contributed by atoms with E-state index in [0.717, 1.165) is 28.1 Å². The van der Waals surface area contributed by atoms with Gasteiger partial charge in [-0.25, -0.2) is 0 Å². The van der Waals surface area contributed by atoms with Crippen molar-refractivity contribution in [2.75, 3.05) is 0 Å². The van der Waals surface area contributed by atoms with Crippen LogP contribution in [0.4, 0.5) is 0 Å². The fourth-order valence-corrected chi connectivity index (χ4v) is 16.9.